The first-order chi connectivity index (χ1) is 11.2. The van der Waals surface area contributed by atoms with Gasteiger partial charge in [-0.3, -0.25) is 4.79 Å². The lowest BCUT2D eigenvalue weighted by atomic mass is 9.98. The Bertz CT molecular complexity index is 639. The Kier molecular flexibility index (Phi) is 5.08. The molecule has 2 heterocycles. The molecule has 23 heavy (non-hydrogen) atoms. The minimum Gasteiger partial charge on any atom is -0.376 e. The number of amides is 1. The Hall–Kier alpha value is -2.14. The van der Waals surface area contributed by atoms with Gasteiger partial charge in [0.25, 0.3) is 5.91 Å². The third-order valence-electron chi connectivity index (χ3n) is 4.12. The highest BCUT2D eigenvalue weighted by atomic mass is 16.5. The van der Waals surface area contributed by atoms with Gasteiger partial charge in [0.2, 0.25) is 0 Å². The monoisotopic (exact) mass is 314 g/mol. The molecular weight excluding hydrogens is 292 g/mol. The Labute approximate surface area is 136 Å². The first-order valence-corrected chi connectivity index (χ1v) is 8.06. The molecular formula is C18H22N2O3. The average Bonchev–Trinajstić information content (AvgIpc) is 3.02. The maximum atomic E-state index is 12.4. The largest absolute Gasteiger partial charge is 0.376 e. The van der Waals surface area contributed by atoms with Crippen molar-refractivity contribution in [2.24, 2.45) is 5.92 Å². The van der Waals surface area contributed by atoms with Crippen molar-refractivity contribution < 1.29 is 14.1 Å². The van der Waals surface area contributed by atoms with Gasteiger partial charge in [0, 0.05) is 19.2 Å². The van der Waals surface area contributed by atoms with Crippen molar-refractivity contribution in [3.63, 3.8) is 0 Å². The van der Waals surface area contributed by atoms with E-state index in [0.29, 0.717) is 30.6 Å². The number of ether oxygens (including phenoxy) is 1. The molecule has 0 saturated carbocycles. The highest BCUT2D eigenvalue weighted by molar-refractivity contribution is 5.92. The van der Waals surface area contributed by atoms with Gasteiger partial charge in [0.1, 0.15) is 5.76 Å². The SMILES string of the molecule is Cc1cc(C(=O)N2CCCC(COCc3ccccc3)C2)no1. The van der Waals surface area contributed by atoms with Crippen LogP contribution >= 0.6 is 0 Å². The molecule has 1 aromatic heterocycles. The van der Waals surface area contributed by atoms with Gasteiger partial charge in [-0.25, -0.2) is 0 Å². The Morgan fingerprint density at radius 2 is 2.22 bits per heavy atom. The van der Waals surface area contributed by atoms with Crippen LogP contribution in [0.5, 0.6) is 0 Å². The summed E-state index contributed by atoms with van der Waals surface area (Å²) in [5.74, 6) is 0.993. The van der Waals surface area contributed by atoms with E-state index in [-0.39, 0.29) is 5.91 Å². The molecule has 0 N–H and O–H groups in total. The van der Waals surface area contributed by atoms with Gasteiger partial charge in [-0.1, -0.05) is 35.5 Å². The van der Waals surface area contributed by atoms with Crippen LogP contribution in [0.2, 0.25) is 0 Å². The first kappa shape index (κ1) is 15.7. The van der Waals surface area contributed by atoms with E-state index in [1.165, 1.54) is 5.56 Å². The number of aryl methyl sites for hydroxylation is 1. The fourth-order valence-electron chi connectivity index (χ4n) is 2.93. The molecule has 122 valence electrons. The molecule has 0 radical (unpaired) electrons. The molecule has 0 spiro atoms. The zero-order chi connectivity index (χ0) is 16.1. The van der Waals surface area contributed by atoms with Crippen molar-refractivity contribution in [3.8, 4) is 0 Å². The number of carbonyl (C=O) groups excluding carboxylic acids is 1. The van der Waals surface area contributed by atoms with Crippen molar-refractivity contribution in [2.45, 2.75) is 26.4 Å². The molecule has 1 saturated heterocycles. The number of carbonyl (C=O) groups is 1. The van der Waals surface area contributed by atoms with E-state index < -0.39 is 0 Å². The van der Waals surface area contributed by atoms with Gasteiger partial charge in [0.05, 0.1) is 13.2 Å². The normalized spacial score (nSPS) is 18.1. The maximum absolute atomic E-state index is 12.4. The molecule has 0 bridgehead atoms. The molecule has 1 aliphatic heterocycles. The van der Waals surface area contributed by atoms with Gasteiger partial charge in [-0.05, 0) is 31.2 Å². The highest BCUT2D eigenvalue weighted by Gasteiger charge is 2.26. The van der Waals surface area contributed by atoms with Crippen LogP contribution in [-0.4, -0.2) is 35.7 Å². The van der Waals surface area contributed by atoms with Crippen molar-refractivity contribution >= 4 is 5.91 Å². The number of aromatic nitrogens is 1. The lowest BCUT2D eigenvalue weighted by molar-refractivity contribution is 0.0420. The van der Waals surface area contributed by atoms with Crippen molar-refractivity contribution in [2.75, 3.05) is 19.7 Å². The summed E-state index contributed by atoms with van der Waals surface area (Å²) in [7, 11) is 0. The van der Waals surface area contributed by atoms with E-state index >= 15 is 0 Å². The van der Waals surface area contributed by atoms with Crippen LogP contribution < -0.4 is 0 Å². The second-order valence-corrected chi connectivity index (χ2v) is 6.08. The molecule has 1 amide bonds. The summed E-state index contributed by atoms with van der Waals surface area (Å²) in [5, 5.41) is 3.82. The first-order valence-electron chi connectivity index (χ1n) is 8.06. The van der Waals surface area contributed by atoms with E-state index in [9.17, 15) is 4.79 Å². The number of likely N-dealkylation sites (tertiary alicyclic amines) is 1. The Balaban J connectivity index is 1.49. The molecule has 1 aliphatic rings. The number of nitrogens with zero attached hydrogens (tertiary/aromatic N) is 2. The third kappa shape index (κ3) is 4.20. The summed E-state index contributed by atoms with van der Waals surface area (Å²) < 4.78 is 10.8. The quantitative estimate of drug-likeness (QED) is 0.851. The predicted octanol–water partition coefficient (Wildman–Crippen LogP) is 3.05. The Morgan fingerprint density at radius 3 is 2.96 bits per heavy atom. The van der Waals surface area contributed by atoms with E-state index in [0.717, 1.165) is 25.9 Å². The van der Waals surface area contributed by atoms with Crippen LogP contribution in [0.3, 0.4) is 0 Å². The Morgan fingerprint density at radius 1 is 1.39 bits per heavy atom. The minimum atomic E-state index is -0.0467. The number of hydrogen-bond acceptors (Lipinski definition) is 4. The molecule has 5 nitrogen and oxygen atoms in total. The molecule has 1 aromatic carbocycles. The summed E-state index contributed by atoms with van der Waals surface area (Å²) >= 11 is 0. The average molecular weight is 314 g/mol. The summed E-state index contributed by atoms with van der Waals surface area (Å²) in [6.45, 7) is 4.59. The van der Waals surface area contributed by atoms with E-state index in [1.807, 2.05) is 23.1 Å². The zero-order valence-electron chi connectivity index (χ0n) is 13.4. The fraction of sp³-hybridized carbons (Fsp3) is 0.444. The molecule has 1 atom stereocenters. The summed E-state index contributed by atoms with van der Waals surface area (Å²) in [6, 6.07) is 11.8. The molecule has 0 aliphatic carbocycles. The standard InChI is InChI=1S/C18H22N2O3/c1-14-10-17(19-23-14)18(21)20-9-5-8-16(11-20)13-22-12-15-6-3-2-4-7-15/h2-4,6-7,10,16H,5,8-9,11-13H2,1H3. The zero-order valence-corrected chi connectivity index (χ0v) is 13.4. The van der Waals surface area contributed by atoms with E-state index in [4.69, 9.17) is 9.26 Å². The molecule has 1 unspecified atom stereocenters. The van der Waals surface area contributed by atoms with E-state index in [2.05, 4.69) is 17.3 Å². The number of rotatable bonds is 5. The number of piperidine rings is 1. The molecule has 2 aromatic rings. The topological polar surface area (TPSA) is 55.6 Å². The van der Waals surface area contributed by atoms with Crippen LogP contribution in [0.15, 0.2) is 40.9 Å². The van der Waals surface area contributed by atoms with Gasteiger partial charge in [-0.2, -0.15) is 0 Å². The lowest BCUT2D eigenvalue weighted by Crippen LogP contribution is -2.41. The van der Waals surface area contributed by atoms with E-state index in [1.54, 1.807) is 13.0 Å². The summed E-state index contributed by atoms with van der Waals surface area (Å²) in [5.41, 5.74) is 1.57. The summed E-state index contributed by atoms with van der Waals surface area (Å²) in [4.78, 5) is 14.3. The van der Waals surface area contributed by atoms with Crippen LogP contribution in [0.25, 0.3) is 0 Å². The van der Waals surface area contributed by atoms with Crippen molar-refractivity contribution in [1.82, 2.24) is 10.1 Å². The van der Waals surface area contributed by atoms with Crippen molar-refractivity contribution in [3.05, 3.63) is 53.4 Å². The second kappa shape index (κ2) is 7.42. The van der Waals surface area contributed by atoms with Crippen LogP contribution in [-0.2, 0) is 11.3 Å². The molecule has 5 heteroatoms. The number of hydrogen-bond donors (Lipinski definition) is 0. The molecule has 3 rings (SSSR count). The third-order valence-corrected chi connectivity index (χ3v) is 4.12. The van der Waals surface area contributed by atoms with Crippen molar-refractivity contribution in [1.29, 1.82) is 0 Å². The second-order valence-electron chi connectivity index (χ2n) is 6.08. The van der Waals surface area contributed by atoms with Gasteiger partial charge in [-0.15, -0.1) is 0 Å². The van der Waals surface area contributed by atoms with Crippen LogP contribution in [0.1, 0.15) is 34.7 Å². The minimum absolute atomic E-state index is 0.0467. The fourth-order valence-corrected chi connectivity index (χ4v) is 2.93. The van der Waals surface area contributed by atoms with Gasteiger partial charge < -0.3 is 14.2 Å². The lowest BCUT2D eigenvalue weighted by Gasteiger charge is -2.32. The maximum Gasteiger partial charge on any atom is 0.276 e. The number of benzene rings is 1. The van der Waals surface area contributed by atoms with Gasteiger partial charge in [0.15, 0.2) is 5.69 Å². The van der Waals surface area contributed by atoms with Gasteiger partial charge >= 0.3 is 0 Å². The molecule has 1 fully saturated rings. The summed E-state index contributed by atoms with van der Waals surface area (Å²) in [6.07, 6.45) is 2.10. The highest BCUT2D eigenvalue weighted by Crippen LogP contribution is 2.19. The predicted molar refractivity (Wildman–Crippen MR) is 86.0 cm³/mol. The smallest absolute Gasteiger partial charge is 0.276 e. The van der Waals surface area contributed by atoms with Crippen LogP contribution in [0, 0.1) is 12.8 Å². The van der Waals surface area contributed by atoms with Crippen LogP contribution in [0.4, 0.5) is 0 Å².